The Kier molecular flexibility index (Phi) is 6.01. The molecule has 5 heteroatoms. The van der Waals surface area contributed by atoms with Crippen molar-refractivity contribution in [2.45, 2.75) is 90.6 Å². The third-order valence-electron chi connectivity index (χ3n) is 5.19. The molecule has 0 aliphatic carbocycles. The fraction of sp³-hybridized carbons (Fsp3) is 0.882. The summed E-state index contributed by atoms with van der Waals surface area (Å²) in [6.07, 6.45) is 1.78. The summed E-state index contributed by atoms with van der Waals surface area (Å²) in [7, 11) is -2.04. The van der Waals surface area contributed by atoms with Gasteiger partial charge in [-0.15, -0.1) is 5.92 Å². The van der Waals surface area contributed by atoms with E-state index in [2.05, 4.69) is 45.6 Å². The van der Waals surface area contributed by atoms with Gasteiger partial charge in [0, 0.05) is 13.0 Å². The molecule has 1 aliphatic rings. The van der Waals surface area contributed by atoms with Crippen LogP contribution in [-0.2, 0) is 13.7 Å². The third-order valence-corrected chi connectivity index (χ3v) is 9.73. The largest absolute Gasteiger partial charge is 0.551 e. The van der Waals surface area contributed by atoms with Crippen LogP contribution in [0.5, 0.6) is 0 Å². The lowest BCUT2D eigenvalue weighted by molar-refractivity contribution is 0.00578. The molecule has 0 saturated carbocycles. The normalized spacial score (nSPS) is 20.7. The van der Waals surface area contributed by atoms with Crippen LogP contribution in [0.25, 0.3) is 0 Å². The van der Waals surface area contributed by atoms with Crippen LogP contribution in [-0.4, -0.2) is 33.2 Å². The summed E-state index contributed by atoms with van der Waals surface area (Å²) >= 11 is 0. The predicted octanol–water partition coefficient (Wildman–Crippen LogP) is 4.42. The quantitative estimate of drug-likeness (QED) is 0.435. The van der Waals surface area contributed by atoms with Crippen LogP contribution in [0.3, 0.4) is 0 Å². The zero-order valence-corrected chi connectivity index (χ0v) is 16.9. The predicted molar refractivity (Wildman–Crippen MR) is 96.2 cm³/mol. The third kappa shape index (κ3) is 4.86. The topological polar surface area (TPSA) is 27.7 Å². The van der Waals surface area contributed by atoms with Crippen molar-refractivity contribution in [2.24, 2.45) is 0 Å². The molecular weight excluding hydrogens is 291 g/mol. The molecule has 0 aromatic carbocycles. The van der Waals surface area contributed by atoms with Crippen LogP contribution in [0.2, 0.25) is 18.1 Å². The van der Waals surface area contributed by atoms with E-state index < -0.39 is 15.4 Å². The summed E-state index contributed by atoms with van der Waals surface area (Å²) in [6.45, 7) is 20.3. The average molecular weight is 324 g/mol. The lowest BCUT2D eigenvalue weighted by atomic mass is 9.90. The van der Waals surface area contributed by atoms with Crippen molar-refractivity contribution in [1.29, 1.82) is 0 Å². The van der Waals surface area contributed by atoms with E-state index in [1.54, 1.807) is 0 Å². The number of unbranched alkanes of at least 4 members (excludes halogenated alkanes) is 1. The van der Waals surface area contributed by atoms with E-state index in [9.17, 15) is 0 Å². The molecule has 3 nitrogen and oxygen atoms in total. The van der Waals surface area contributed by atoms with Crippen molar-refractivity contribution in [2.75, 3.05) is 6.61 Å². The van der Waals surface area contributed by atoms with Crippen LogP contribution < -0.4 is 0 Å². The van der Waals surface area contributed by atoms with Gasteiger partial charge in [-0.25, -0.2) is 0 Å². The molecule has 22 heavy (non-hydrogen) atoms. The lowest BCUT2D eigenvalue weighted by Crippen LogP contribution is -2.41. The maximum absolute atomic E-state index is 6.14. The smallest absolute Gasteiger partial charge is 0.417 e. The van der Waals surface area contributed by atoms with Crippen molar-refractivity contribution < 1.29 is 13.7 Å². The Balaban J connectivity index is 2.33. The maximum Gasteiger partial charge on any atom is 0.551 e. The van der Waals surface area contributed by atoms with Gasteiger partial charge >= 0.3 is 7.12 Å². The first-order valence-corrected chi connectivity index (χ1v) is 11.2. The van der Waals surface area contributed by atoms with E-state index in [-0.39, 0.29) is 16.2 Å². The molecule has 0 bridgehead atoms. The van der Waals surface area contributed by atoms with Crippen LogP contribution >= 0.6 is 0 Å². The molecule has 1 rings (SSSR count). The van der Waals surface area contributed by atoms with Crippen LogP contribution in [0, 0.1) is 11.7 Å². The number of hydrogen-bond acceptors (Lipinski definition) is 3. The van der Waals surface area contributed by atoms with Gasteiger partial charge in [-0.1, -0.05) is 26.6 Å². The Morgan fingerprint density at radius 1 is 1.05 bits per heavy atom. The van der Waals surface area contributed by atoms with E-state index in [0.717, 1.165) is 19.4 Å². The summed E-state index contributed by atoms with van der Waals surface area (Å²) in [4.78, 5) is 0. The average Bonchev–Trinajstić information content (AvgIpc) is 2.50. The maximum atomic E-state index is 6.14. The molecule has 0 spiro atoms. The van der Waals surface area contributed by atoms with Crippen molar-refractivity contribution in [3.05, 3.63) is 0 Å². The first-order chi connectivity index (χ1) is 9.79. The molecule has 0 N–H and O–H groups in total. The second-order valence-corrected chi connectivity index (χ2v) is 13.4. The van der Waals surface area contributed by atoms with Gasteiger partial charge in [-0.3, -0.25) is 0 Å². The van der Waals surface area contributed by atoms with Gasteiger partial charge < -0.3 is 13.7 Å². The van der Waals surface area contributed by atoms with Crippen LogP contribution in [0.4, 0.5) is 0 Å². The minimum Gasteiger partial charge on any atom is -0.417 e. The van der Waals surface area contributed by atoms with Crippen molar-refractivity contribution in [1.82, 2.24) is 0 Å². The lowest BCUT2D eigenvalue weighted by Gasteiger charge is -2.36. The Labute approximate surface area is 138 Å². The highest BCUT2D eigenvalue weighted by atomic mass is 28.4. The van der Waals surface area contributed by atoms with Gasteiger partial charge in [0.25, 0.3) is 0 Å². The van der Waals surface area contributed by atoms with Gasteiger partial charge in [0.2, 0.25) is 0 Å². The SMILES string of the molecule is CC1(C)OB(C#CCCCO[Si](C)(C)C(C)(C)C)OC1(C)C. The fourth-order valence-electron chi connectivity index (χ4n) is 1.76. The molecule has 1 aliphatic heterocycles. The molecule has 1 saturated heterocycles. The highest BCUT2D eigenvalue weighted by molar-refractivity contribution is 6.74. The standard InChI is InChI=1S/C17H33BO3Si/c1-15(2,3)22(8,9)19-14-12-10-11-13-18-20-16(4,5)17(6,7)21-18/h10,12,14H2,1-9H3. The molecule has 0 radical (unpaired) electrons. The van der Waals surface area contributed by atoms with Crippen molar-refractivity contribution >= 4 is 15.4 Å². The van der Waals surface area contributed by atoms with E-state index in [4.69, 9.17) is 13.7 Å². The molecule has 0 aromatic heterocycles. The van der Waals surface area contributed by atoms with E-state index in [1.165, 1.54) is 0 Å². The van der Waals surface area contributed by atoms with Gasteiger partial charge in [0.15, 0.2) is 8.32 Å². The highest BCUT2D eigenvalue weighted by Crippen LogP contribution is 2.37. The van der Waals surface area contributed by atoms with Gasteiger partial charge in [0.1, 0.15) is 0 Å². The molecule has 1 heterocycles. The minimum absolute atomic E-state index is 0.265. The molecule has 0 amide bonds. The summed E-state index contributed by atoms with van der Waals surface area (Å²) in [5, 5.41) is 0.265. The first-order valence-electron chi connectivity index (χ1n) is 8.26. The van der Waals surface area contributed by atoms with Crippen molar-refractivity contribution in [3.8, 4) is 11.7 Å². The molecular formula is C17H33BO3Si. The molecule has 0 aromatic rings. The second kappa shape index (κ2) is 6.69. The Hall–Kier alpha value is -0.278. The summed E-state index contributed by atoms with van der Waals surface area (Å²) in [5.74, 6) is 6.25. The van der Waals surface area contributed by atoms with Gasteiger partial charge in [-0.05, 0) is 52.2 Å². The molecule has 0 unspecified atom stereocenters. The Morgan fingerprint density at radius 3 is 2.00 bits per heavy atom. The highest BCUT2D eigenvalue weighted by Gasteiger charge is 2.50. The van der Waals surface area contributed by atoms with Crippen LogP contribution in [0.1, 0.15) is 61.3 Å². The minimum atomic E-state index is -1.63. The fourth-order valence-corrected chi connectivity index (χ4v) is 2.85. The van der Waals surface area contributed by atoms with Crippen molar-refractivity contribution in [3.63, 3.8) is 0 Å². The molecule has 1 fully saturated rings. The van der Waals surface area contributed by atoms with Crippen LogP contribution in [0.15, 0.2) is 0 Å². The Morgan fingerprint density at radius 2 is 1.55 bits per heavy atom. The summed E-state index contributed by atoms with van der Waals surface area (Å²) in [6, 6.07) is 0. The summed E-state index contributed by atoms with van der Waals surface area (Å²) in [5.41, 5.74) is -0.615. The monoisotopic (exact) mass is 324 g/mol. The number of hydrogen-bond donors (Lipinski definition) is 0. The van der Waals surface area contributed by atoms with E-state index >= 15 is 0 Å². The zero-order valence-electron chi connectivity index (χ0n) is 15.9. The van der Waals surface area contributed by atoms with E-state index in [0.29, 0.717) is 0 Å². The number of rotatable bonds is 4. The summed E-state index contributed by atoms with van der Waals surface area (Å²) < 4.78 is 17.8. The van der Waals surface area contributed by atoms with E-state index in [1.807, 2.05) is 27.7 Å². The zero-order chi connectivity index (χ0) is 17.2. The molecule has 0 atom stereocenters. The molecule has 126 valence electrons. The van der Waals surface area contributed by atoms with Gasteiger partial charge in [-0.2, -0.15) is 0 Å². The first kappa shape index (κ1) is 19.8. The Bertz CT molecular complexity index is 425. The second-order valence-electron chi connectivity index (χ2n) is 8.62. The van der Waals surface area contributed by atoms with Gasteiger partial charge in [0.05, 0.1) is 11.2 Å².